The second kappa shape index (κ2) is 8.27. The zero-order chi connectivity index (χ0) is 18.6. The van der Waals surface area contributed by atoms with E-state index in [9.17, 15) is 9.59 Å². The van der Waals surface area contributed by atoms with Gasteiger partial charge in [-0.25, -0.2) is 0 Å². The maximum atomic E-state index is 12.7. The monoisotopic (exact) mass is 374 g/mol. The smallest absolute Gasteiger partial charge is 0.260 e. The predicted octanol–water partition coefficient (Wildman–Crippen LogP) is 2.17. The summed E-state index contributed by atoms with van der Waals surface area (Å²) in [6.07, 6.45) is 4.54. The Bertz CT molecular complexity index is 685. The quantitative estimate of drug-likeness (QED) is 0.826. The van der Waals surface area contributed by atoms with Crippen molar-refractivity contribution in [3.63, 3.8) is 0 Å². The molecule has 0 aromatic heterocycles. The van der Waals surface area contributed by atoms with Gasteiger partial charge in [-0.1, -0.05) is 6.07 Å². The Balaban J connectivity index is 1.33. The van der Waals surface area contributed by atoms with E-state index >= 15 is 0 Å². The van der Waals surface area contributed by atoms with Crippen LogP contribution in [0, 0.1) is 5.92 Å². The highest BCUT2D eigenvalue weighted by molar-refractivity contribution is 5.94. The van der Waals surface area contributed by atoms with E-state index < -0.39 is 0 Å². The van der Waals surface area contributed by atoms with E-state index in [0.717, 1.165) is 32.1 Å². The van der Waals surface area contributed by atoms with Crippen LogP contribution in [0.25, 0.3) is 0 Å². The van der Waals surface area contributed by atoms with Crippen molar-refractivity contribution in [2.75, 3.05) is 31.7 Å². The van der Waals surface area contributed by atoms with Gasteiger partial charge in [-0.15, -0.1) is 0 Å². The molecule has 3 aliphatic rings. The van der Waals surface area contributed by atoms with Crippen molar-refractivity contribution >= 4 is 17.5 Å². The van der Waals surface area contributed by atoms with Gasteiger partial charge in [0.15, 0.2) is 12.9 Å². The van der Waals surface area contributed by atoms with Crippen LogP contribution in [0.1, 0.15) is 32.1 Å². The first-order chi connectivity index (χ1) is 13.2. The van der Waals surface area contributed by atoms with Crippen LogP contribution in [0.4, 0.5) is 5.69 Å². The van der Waals surface area contributed by atoms with Crippen LogP contribution < -0.4 is 10.1 Å². The van der Waals surface area contributed by atoms with Gasteiger partial charge in [0.05, 0.1) is 19.3 Å². The van der Waals surface area contributed by atoms with Crippen LogP contribution in [-0.4, -0.2) is 55.4 Å². The van der Waals surface area contributed by atoms with E-state index in [0.29, 0.717) is 31.2 Å². The molecule has 2 amide bonds. The third-order valence-corrected chi connectivity index (χ3v) is 5.24. The Morgan fingerprint density at radius 2 is 1.96 bits per heavy atom. The molecule has 1 unspecified atom stereocenters. The molecule has 4 rings (SSSR count). The molecule has 7 nitrogen and oxygen atoms in total. The standard InChI is InChI=1S/C20H26N2O5/c23-18(22-9-2-1-6-17(22)20-25-10-11-26-20)13-27-16-5-3-4-15(12-16)21-19(24)14-7-8-14/h3-5,12,14,17,20H,1-2,6-11,13H2,(H,21,24). The van der Waals surface area contributed by atoms with Gasteiger partial charge in [0.25, 0.3) is 5.91 Å². The second-order valence-electron chi connectivity index (χ2n) is 7.34. The van der Waals surface area contributed by atoms with Crippen molar-refractivity contribution in [3.05, 3.63) is 24.3 Å². The molecular formula is C20H26N2O5. The van der Waals surface area contributed by atoms with E-state index in [4.69, 9.17) is 14.2 Å². The topological polar surface area (TPSA) is 77.1 Å². The lowest BCUT2D eigenvalue weighted by Crippen LogP contribution is -2.51. The van der Waals surface area contributed by atoms with Crippen LogP contribution in [0.2, 0.25) is 0 Å². The van der Waals surface area contributed by atoms with Gasteiger partial charge in [0, 0.05) is 24.2 Å². The number of benzene rings is 1. The molecule has 146 valence electrons. The second-order valence-corrected chi connectivity index (χ2v) is 7.34. The summed E-state index contributed by atoms with van der Waals surface area (Å²) >= 11 is 0. The van der Waals surface area contributed by atoms with E-state index in [2.05, 4.69) is 5.32 Å². The first kappa shape index (κ1) is 18.3. The molecule has 1 aliphatic carbocycles. The van der Waals surface area contributed by atoms with Crippen molar-refractivity contribution < 1.29 is 23.8 Å². The van der Waals surface area contributed by atoms with Gasteiger partial charge in [-0.2, -0.15) is 0 Å². The van der Waals surface area contributed by atoms with Crippen molar-refractivity contribution in [1.82, 2.24) is 4.90 Å². The summed E-state index contributed by atoms with van der Waals surface area (Å²) in [6.45, 7) is 1.83. The predicted molar refractivity (Wildman–Crippen MR) is 98.3 cm³/mol. The number of ether oxygens (including phenoxy) is 3. The molecule has 2 aliphatic heterocycles. The number of piperidine rings is 1. The SMILES string of the molecule is O=C(Nc1cccc(OCC(=O)N2CCCCC2C2OCCO2)c1)C1CC1. The molecule has 0 bridgehead atoms. The highest BCUT2D eigenvalue weighted by atomic mass is 16.7. The van der Waals surface area contributed by atoms with Gasteiger partial charge >= 0.3 is 0 Å². The number of carbonyl (C=O) groups is 2. The lowest BCUT2D eigenvalue weighted by atomic mass is 10.0. The largest absolute Gasteiger partial charge is 0.484 e. The maximum absolute atomic E-state index is 12.7. The summed E-state index contributed by atoms with van der Waals surface area (Å²) in [5.41, 5.74) is 0.695. The Kier molecular flexibility index (Phi) is 5.59. The third-order valence-electron chi connectivity index (χ3n) is 5.24. The van der Waals surface area contributed by atoms with Crippen LogP contribution in [0.3, 0.4) is 0 Å². The maximum Gasteiger partial charge on any atom is 0.260 e. The molecule has 1 aromatic rings. The average Bonchev–Trinajstić information content (AvgIpc) is 3.41. The number of amides is 2. The number of rotatable bonds is 6. The first-order valence-electron chi connectivity index (χ1n) is 9.77. The number of nitrogens with one attached hydrogen (secondary N) is 1. The summed E-state index contributed by atoms with van der Waals surface area (Å²) in [4.78, 5) is 26.4. The molecule has 1 atom stereocenters. The third kappa shape index (κ3) is 4.59. The number of anilines is 1. The average molecular weight is 374 g/mol. The molecule has 2 heterocycles. The molecule has 27 heavy (non-hydrogen) atoms. The van der Waals surface area contributed by atoms with E-state index in [1.165, 1.54) is 0 Å². The Labute approximate surface area is 158 Å². The van der Waals surface area contributed by atoms with Gasteiger partial charge in [0.2, 0.25) is 5.91 Å². The number of likely N-dealkylation sites (tertiary alicyclic amines) is 1. The summed E-state index contributed by atoms with van der Waals surface area (Å²) < 4.78 is 16.9. The van der Waals surface area contributed by atoms with Crippen LogP contribution in [0.15, 0.2) is 24.3 Å². The first-order valence-corrected chi connectivity index (χ1v) is 9.77. The van der Waals surface area contributed by atoms with E-state index in [1.807, 2.05) is 17.0 Å². The summed E-state index contributed by atoms with van der Waals surface area (Å²) in [6, 6.07) is 7.14. The van der Waals surface area contributed by atoms with Crippen molar-refractivity contribution in [2.24, 2.45) is 5.92 Å². The molecule has 1 N–H and O–H groups in total. The van der Waals surface area contributed by atoms with E-state index in [-0.39, 0.29) is 36.7 Å². The number of carbonyl (C=O) groups excluding carboxylic acids is 2. The minimum Gasteiger partial charge on any atom is -0.484 e. The molecule has 2 saturated heterocycles. The molecule has 0 radical (unpaired) electrons. The molecule has 1 saturated carbocycles. The summed E-state index contributed by atoms with van der Waals surface area (Å²) in [5, 5.41) is 2.89. The highest BCUT2D eigenvalue weighted by Gasteiger charge is 2.36. The van der Waals surface area contributed by atoms with Gasteiger partial charge in [0.1, 0.15) is 5.75 Å². The Morgan fingerprint density at radius 3 is 2.74 bits per heavy atom. The number of nitrogens with zero attached hydrogens (tertiary/aromatic N) is 1. The minimum absolute atomic E-state index is 0.0384. The van der Waals surface area contributed by atoms with Gasteiger partial charge in [-0.3, -0.25) is 9.59 Å². The van der Waals surface area contributed by atoms with Gasteiger partial charge < -0.3 is 24.4 Å². The zero-order valence-corrected chi connectivity index (χ0v) is 15.4. The van der Waals surface area contributed by atoms with Crippen molar-refractivity contribution in [2.45, 2.75) is 44.4 Å². The van der Waals surface area contributed by atoms with E-state index in [1.54, 1.807) is 12.1 Å². The van der Waals surface area contributed by atoms with Crippen molar-refractivity contribution in [3.8, 4) is 5.75 Å². The highest BCUT2D eigenvalue weighted by Crippen LogP contribution is 2.30. The Hall–Kier alpha value is -2.12. The van der Waals surface area contributed by atoms with Crippen LogP contribution >= 0.6 is 0 Å². The lowest BCUT2D eigenvalue weighted by Gasteiger charge is -2.37. The zero-order valence-electron chi connectivity index (χ0n) is 15.4. The fourth-order valence-corrected chi connectivity index (χ4v) is 3.63. The molecule has 7 heteroatoms. The molecule has 3 fully saturated rings. The van der Waals surface area contributed by atoms with Crippen molar-refractivity contribution in [1.29, 1.82) is 0 Å². The molecule has 1 aromatic carbocycles. The van der Waals surface area contributed by atoms with Gasteiger partial charge in [-0.05, 0) is 44.2 Å². The minimum atomic E-state index is -0.324. The Morgan fingerprint density at radius 1 is 1.15 bits per heavy atom. The molecule has 0 spiro atoms. The summed E-state index contributed by atoms with van der Waals surface area (Å²) in [5.74, 6) is 0.702. The lowest BCUT2D eigenvalue weighted by molar-refractivity contribution is -0.152. The number of hydrogen-bond donors (Lipinski definition) is 1. The normalized spacial score (nSPS) is 23.3. The summed E-state index contributed by atoms with van der Waals surface area (Å²) in [7, 11) is 0. The number of hydrogen-bond acceptors (Lipinski definition) is 5. The fraction of sp³-hybridized carbons (Fsp3) is 0.600. The molecular weight excluding hydrogens is 348 g/mol. The van der Waals surface area contributed by atoms with Crippen LogP contribution in [0.5, 0.6) is 5.75 Å². The fourth-order valence-electron chi connectivity index (χ4n) is 3.63. The van der Waals surface area contributed by atoms with Crippen LogP contribution in [-0.2, 0) is 19.1 Å².